The molecule has 0 aliphatic heterocycles. The van der Waals surface area contributed by atoms with Gasteiger partial charge < -0.3 is 31.7 Å². The molecule has 0 aromatic carbocycles. The third kappa shape index (κ3) is 20.7. The summed E-state index contributed by atoms with van der Waals surface area (Å²) in [6, 6.07) is 1.76. The molecule has 0 spiro atoms. The molecule has 14 heteroatoms. The van der Waals surface area contributed by atoms with E-state index in [1.807, 2.05) is 82.8 Å². The van der Waals surface area contributed by atoms with Gasteiger partial charge in [-0.3, -0.25) is 0 Å². The van der Waals surface area contributed by atoms with E-state index in [9.17, 15) is 4.79 Å². The third-order valence-corrected chi connectivity index (χ3v) is 17.0. The lowest BCUT2D eigenvalue weighted by Crippen LogP contribution is -2.46. The van der Waals surface area contributed by atoms with Gasteiger partial charge in [0.2, 0.25) is 0 Å². The fourth-order valence-corrected chi connectivity index (χ4v) is 14.7. The Morgan fingerprint density at radius 1 is 0.667 bits per heavy atom. The molecular weight excluding hydrogens is 577 g/mol. The first-order valence-electron chi connectivity index (χ1n) is 12.5. The maximum atomic E-state index is 9.60. The molecule has 0 aliphatic carbocycles. The number of aliphatic carboxylic acids is 1. The molecule has 216 valence electrons. The first-order chi connectivity index (χ1) is 17.2. The van der Waals surface area contributed by atoms with Crippen LogP contribution in [0.25, 0.3) is 0 Å². The van der Waals surface area contributed by atoms with Gasteiger partial charge in [0.25, 0.3) is 0 Å². The molecule has 0 aromatic heterocycles. The van der Waals surface area contributed by atoms with Crippen LogP contribution >= 0.6 is 41.2 Å². The van der Waals surface area contributed by atoms with Crippen molar-refractivity contribution in [2.24, 2.45) is 0 Å². The Hall–Kier alpha value is 0.804. The molecule has 0 rings (SSSR count). The van der Waals surface area contributed by atoms with E-state index in [1.165, 1.54) is 6.92 Å². The van der Waals surface area contributed by atoms with Gasteiger partial charge in [0.15, 0.2) is 0 Å². The van der Waals surface area contributed by atoms with Crippen LogP contribution in [0.2, 0.25) is 12.1 Å². The minimum atomic E-state index is -2.49. The van der Waals surface area contributed by atoms with Crippen LogP contribution in [0.3, 0.4) is 0 Å². The summed E-state index contributed by atoms with van der Waals surface area (Å²) in [6.07, 6.45) is 2.08. The number of carbonyl (C=O) groups is 1. The number of carboxylic acid groups (broad SMARTS) is 1. The molecular formula is C22H48O8S4Si2. The topological polar surface area (TPSA) is 92.7 Å². The Kier molecular flexibility index (Phi) is 28.2. The van der Waals surface area contributed by atoms with E-state index in [0.29, 0.717) is 39.6 Å². The van der Waals surface area contributed by atoms with Gasteiger partial charge in [-0.25, -0.2) is 4.79 Å². The molecule has 1 N–H and O–H groups in total. The van der Waals surface area contributed by atoms with Crippen molar-refractivity contribution in [3.05, 3.63) is 12.2 Å². The Morgan fingerprint density at radius 2 is 0.917 bits per heavy atom. The second kappa shape index (κ2) is 26.0. The van der Waals surface area contributed by atoms with E-state index in [-0.39, 0.29) is 5.57 Å². The van der Waals surface area contributed by atoms with Crippen molar-refractivity contribution in [1.29, 1.82) is 0 Å². The largest absolute Gasteiger partial charge is 0.500 e. The first kappa shape index (κ1) is 38.9. The van der Waals surface area contributed by atoms with Crippen molar-refractivity contribution in [2.75, 3.05) is 51.1 Å². The molecule has 0 heterocycles. The highest BCUT2D eigenvalue weighted by Gasteiger charge is 2.40. The van der Waals surface area contributed by atoms with Crippen LogP contribution in [-0.2, 0) is 31.4 Å². The summed E-state index contributed by atoms with van der Waals surface area (Å²) in [5, 5.41) is 7.89. The number of carboxylic acids is 1. The van der Waals surface area contributed by atoms with Gasteiger partial charge in [-0.05, 0) is 81.0 Å². The van der Waals surface area contributed by atoms with Gasteiger partial charge in [0.05, 0.1) is 0 Å². The van der Waals surface area contributed by atoms with E-state index in [4.69, 9.17) is 31.7 Å². The van der Waals surface area contributed by atoms with Crippen LogP contribution in [0.15, 0.2) is 12.2 Å². The predicted octanol–water partition coefficient (Wildman–Crippen LogP) is 7.19. The molecule has 0 radical (unpaired) electrons. The Bertz CT molecular complexity index is 470. The quantitative estimate of drug-likeness (QED) is 0.0510. The Balaban J connectivity index is 0. The van der Waals surface area contributed by atoms with E-state index in [2.05, 4.69) is 6.58 Å². The van der Waals surface area contributed by atoms with E-state index in [0.717, 1.165) is 36.4 Å². The van der Waals surface area contributed by atoms with Crippen LogP contribution in [0, 0.1) is 0 Å². The van der Waals surface area contributed by atoms with Crippen molar-refractivity contribution in [1.82, 2.24) is 0 Å². The molecule has 0 bridgehead atoms. The van der Waals surface area contributed by atoms with Crippen molar-refractivity contribution in [3.63, 3.8) is 0 Å². The molecule has 36 heavy (non-hydrogen) atoms. The molecule has 0 aromatic rings. The van der Waals surface area contributed by atoms with Crippen LogP contribution in [-0.4, -0.2) is 79.8 Å². The molecule has 0 unspecified atom stereocenters. The monoisotopic (exact) mass is 624 g/mol. The fourth-order valence-electron chi connectivity index (χ4n) is 2.81. The summed E-state index contributed by atoms with van der Waals surface area (Å²) >= 11 is 0. The zero-order valence-electron chi connectivity index (χ0n) is 23.1. The lowest BCUT2D eigenvalue weighted by Gasteiger charge is -2.28. The fraction of sp³-hybridized carbons (Fsp3) is 0.864. The number of rotatable bonds is 24. The minimum Gasteiger partial charge on any atom is -0.478 e. The summed E-state index contributed by atoms with van der Waals surface area (Å²) in [5.41, 5.74) is 0.176. The van der Waals surface area contributed by atoms with Crippen LogP contribution in [0.1, 0.15) is 61.3 Å². The summed E-state index contributed by atoms with van der Waals surface area (Å²) in [7, 11) is 2.48. The highest BCUT2D eigenvalue weighted by atomic mass is 33.7. The van der Waals surface area contributed by atoms with E-state index >= 15 is 0 Å². The molecule has 0 atom stereocenters. The standard InChI is InChI=1S/C18H42O6S4Si2.C4H6O2/c1-7-19-29(20-8-2,21-9-3)17-13-15-25-27-28-26-16-14-18-30(22-10-4,23-11-5)24-12-6;1-3(2)4(5)6/h7-18H2,1-6H3;1H2,2H3,(H,5,6). The average molecular weight is 625 g/mol. The molecule has 0 saturated carbocycles. The zero-order chi connectivity index (χ0) is 27.7. The van der Waals surface area contributed by atoms with Gasteiger partial charge in [-0.2, -0.15) is 0 Å². The maximum absolute atomic E-state index is 9.60. The summed E-state index contributed by atoms with van der Waals surface area (Å²) < 4.78 is 35.4. The van der Waals surface area contributed by atoms with E-state index < -0.39 is 23.6 Å². The molecule has 0 amide bonds. The lowest BCUT2D eigenvalue weighted by molar-refractivity contribution is -0.132. The van der Waals surface area contributed by atoms with Gasteiger partial charge in [0.1, 0.15) is 0 Å². The molecule has 0 aliphatic rings. The zero-order valence-corrected chi connectivity index (χ0v) is 28.4. The summed E-state index contributed by atoms with van der Waals surface area (Å²) in [4.78, 5) is 9.60. The SMILES string of the molecule is C=C(C)C(=O)O.CCO[Si](CCCSSSSCCC[Si](OCC)(OCC)OCC)(OCC)OCC. The summed E-state index contributed by atoms with van der Waals surface area (Å²) in [5.74, 6) is 1.19. The van der Waals surface area contributed by atoms with Gasteiger partial charge in [-0.1, -0.05) is 28.2 Å². The highest BCUT2D eigenvalue weighted by Crippen LogP contribution is 2.44. The van der Waals surface area contributed by atoms with Crippen molar-refractivity contribution >= 4 is 64.8 Å². The lowest BCUT2D eigenvalue weighted by atomic mass is 10.4. The van der Waals surface area contributed by atoms with Crippen molar-refractivity contribution in [2.45, 2.75) is 73.4 Å². The van der Waals surface area contributed by atoms with Gasteiger partial charge >= 0.3 is 23.6 Å². The van der Waals surface area contributed by atoms with E-state index in [1.54, 1.807) is 0 Å². The van der Waals surface area contributed by atoms with Crippen molar-refractivity contribution in [3.8, 4) is 0 Å². The minimum absolute atomic E-state index is 0.176. The smallest absolute Gasteiger partial charge is 0.478 e. The third-order valence-electron chi connectivity index (χ3n) is 4.10. The molecule has 0 saturated heterocycles. The first-order valence-corrected chi connectivity index (χ1v) is 21.5. The molecule has 0 fully saturated rings. The number of hydrogen-bond donors (Lipinski definition) is 1. The van der Waals surface area contributed by atoms with Crippen LogP contribution in [0.5, 0.6) is 0 Å². The van der Waals surface area contributed by atoms with Crippen LogP contribution in [0.4, 0.5) is 0 Å². The average Bonchev–Trinajstić information content (AvgIpc) is 2.81. The van der Waals surface area contributed by atoms with Crippen molar-refractivity contribution < 1.29 is 36.5 Å². The summed E-state index contributed by atoms with van der Waals surface area (Å²) in [6.45, 7) is 20.5. The second-order valence-electron chi connectivity index (χ2n) is 7.04. The molecule has 8 nitrogen and oxygen atoms in total. The van der Waals surface area contributed by atoms with Gasteiger partial charge in [0, 0.05) is 68.8 Å². The Morgan fingerprint density at radius 3 is 1.11 bits per heavy atom. The van der Waals surface area contributed by atoms with Gasteiger partial charge in [-0.15, -0.1) is 0 Å². The second-order valence-corrected chi connectivity index (χ2v) is 18.7. The normalized spacial score (nSPS) is 11.8. The van der Waals surface area contributed by atoms with Crippen LogP contribution < -0.4 is 0 Å². The number of hydrogen-bond acceptors (Lipinski definition) is 11. The highest BCUT2D eigenvalue weighted by molar-refractivity contribution is 9.26. The Labute approximate surface area is 237 Å². The maximum Gasteiger partial charge on any atom is 0.500 e. The predicted molar refractivity (Wildman–Crippen MR) is 163 cm³/mol.